The van der Waals surface area contributed by atoms with Gasteiger partial charge in [0.25, 0.3) is 0 Å². The number of rotatable bonds is 4. The Morgan fingerprint density at radius 3 is 3.00 bits per heavy atom. The van der Waals surface area contributed by atoms with Crippen molar-refractivity contribution in [2.75, 3.05) is 27.2 Å². The summed E-state index contributed by atoms with van der Waals surface area (Å²) in [7, 11) is 4.25. The SMILES string of the molecule is CN(C)CCCc1cccc2c1CCO2. The van der Waals surface area contributed by atoms with Gasteiger partial charge in [-0.25, -0.2) is 0 Å². The van der Waals surface area contributed by atoms with E-state index in [1.807, 2.05) is 0 Å². The van der Waals surface area contributed by atoms with Crippen LogP contribution in [0, 0.1) is 0 Å². The van der Waals surface area contributed by atoms with Crippen molar-refractivity contribution in [2.24, 2.45) is 0 Å². The van der Waals surface area contributed by atoms with Crippen LogP contribution in [0.4, 0.5) is 0 Å². The summed E-state index contributed by atoms with van der Waals surface area (Å²) in [4.78, 5) is 2.24. The minimum atomic E-state index is 0.861. The lowest BCUT2D eigenvalue weighted by molar-refractivity contribution is 0.357. The summed E-state index contributed by atoms with van der Waals surface area (Å²) < 4.78 is 5.56. The lowest BCUT2D eigenvalue weighted by Crippen LogP contribution is -2.13. The minimum absolute atomic E-state index is 0.861. The zero-order chi connectivity index (χ0) is 10.7. The number of aryl methyl sites for hydroxylation is 1. The number of hydrogen-bond acceptors (Lipinski definition) is 2. The standard InChI is InChI=1S/C13H19NO/c1-14(2)9-4-6-11-5-3-7-13-12(11)8-10-15-13/h3,5,7H,4,6,8-10H2,1-2H3. The predicted octanol–water partition coefficient (Wildman–Crippen LogP) is 2.12. The van der Waals surface area contributed by atoms with Gasteiger partial charge in [-0.2, -0.15) is 0 Å². The predicted molar refractivity (Wildman–Crippen MR) is 62.5 cm³/mol. The maximum atomic E-state index is 5.56. The van der Waals surface area contributed by atoms with E-state index in [2.05, 4.69) is 37.2 Å². The third-order valence-corrected chi connectivity index (χ3v) is 2.89. The molecule has 0 fully saturated rings. The van der Waals surface area contributed by atoms with Crippen LogP contribution in [0.5, 0.6) is 5.75 Å². The number of nitrogens with zero attached hydrogens (tertiary/aromatic N) is 1. The van der Waals surface area contributed by atoms with Crippen molar-refractivity contribution in [3.05, 3.63) is 29.3 Å². The monoisotopic (exact) mass is 205 g/mol. The summed E-state index contributed by atoms with van der Waals surface area (Å²) in [5.74, 6) is 1.11. The lowest BCUT2D eigenvalue weighted by Gasteiger charge is -2.10. The normalized spacial score (nSPS) is 14.1. The molecule has 0 radical (unpaired) electrons. The molecule has 1 aromatic rings. The van der Waals surface area contributed by atoms with E-state index in [-0.39, 0.29) is 0 Å². The molecule has 2 rings (SSSR count). The van der Waals surface area contributed by atoms with Gasteiger partial charge in [-0.15, -0.1) is 0 Å². The number of fused-ring (bicyclic) bond motifs is 1. The minimum Gasteiger partial charge on any atom is -0.493 e. The summed E-state index contributed by atoms with van der Waals surface area (Å²) in [5, 5.41) is 0. The molecule has 1 heterocycles. The maximum Gasteiger partial charge on any atom is 0.122 e. The van der Waals surface area contributed by atoms with Crippen molar-refractivity contribution in [3.8, 4) is 5.75 Å². The second-order valence-corrected chi connectivity index (χ2v) is 4.40. The highest BCUT2D eigenvalue weighted by atomic mass is 16.5. The van der Waals surface area contributed by atoms with E-state index in [9.17, 15) is 0 Å². The van der Waals surface area contributed by atoms with Crippen molar-refractivity contribution >= 4 is 0 Å². The average Bonchev–Trinajstić information content (AvgIpc) is 2.65. The fourth-order valence-corrected chi connectivity index (χ4v) is 2.11. The van der Waals surface area contributed by atoms with E-state index in [4.69, 9.17) is 4.74 Å². The van der Waals surface area contributed by atoms with Crippen molar-refractivity contribution < 1.29 is 4.74 Å². The molecule has 0 unspecified atom stereocenters. The summed E-state index contributed by atoms with van der Waals surface area (Å²) in [6.07, 6.45) is 3.49. The van der Waals surface area contributed by atoms with E-state index in [0.29, 0.717) is 0 Å². The molecule has 2 nitrogen and oxygen atoms in total. The summed E-state index contributed by atoms with van der Waals surface area (Å²) in [6, 6.07) is 6.43. The van der Waals surface area contributed by atoms with E-state index in [1.165, 1.54) is 24.0 Å². The third-order valence-electron chi connectivity index (χ3n) is 2.89. The Kier molecular flexibility index (Phi) is 3.27. The summed E-state index contributed by atoms with van der Waals surface area (Å²) in [6.45, 7) is 2.02. The van der Waals surface area contributed by atoms with Gasteiger partial charge in [0.1, 0.15) is 5.75 Å². The van der Waals surface area contributed by atoms with Gasteiger partial charge in [0.05, 0.1) is 6.61 Å². The van der Waals surface area contributed by atoms with Crippen LogP contribution in [-0.4, -0.2) is 32.1 Å². The van der Waals surface area contributed by atoms with Crippen molar-refractivity contribution in [1.29, 1.82) is 0 Å². The summed E-state index contributed by atoms with van der Waals surface area (Å²) in [5.41, 5.74) is 2.92. The molecule has 1 aliphatic heterocycles. The zero-order valence-corrected chi connectivity index (χ0v) is 9.62. The van der Waals surface area contributed by atoms with Gasteiger partial charge in [-0.3, -0.25) is 0 Å². The fraction of sp³-hybridized carbons (Fsp3) is 0.538. The summed E-state index contributed by atoms with van der Waals surface area (Å²) >= 11 is 0. The quantitative estimate of drug-likeness (QED) is 0.746. The highest BCUT2D eigenvalue weighted by molar-refractivity contribution is 5.42. The first-order chi connectivity index (χ1) is 7.27. The van der Waals surface area contributed by atoms with Crippen LogP contribution >= 0.6 is 0 Å². The van der Waals surface area contributed by atoms with E-state index < -0.39 is 0 Å². The molecule has 82 valence electrons. The fourth-order valence-electron chi connectivity index (χ4n) is 2.11. The Morgan fingerprint density at radius 2 is 2.20 bits per heavy atom. The van der Waals surface area contributed by atoms with Gasteiger partial charge in [0.2, 0.25) is 0 Å². The lowest BCUT2D eigenvalue weighted by atomic mass is 10.0. The number of benzene rings is 1. The largest absolute Gasteiger partial charge is 0.493 e. The van der Waals surface area contributed by atoms with Gasteiger partial charge in [0.15, 0.2) is 0 Å². The Labute approximate surface area is 91.9 Å². The molecule has 0 atom stereocenters. The molecule has 0 amide bonds. The molecule has 15 heavy (non-hydrogen) atoms. The van der Waals surface area contributed by atoms with Crippen LogP contribution in [0.15, 0.2) is 18.2 Å². The highest BCUT2D eigenvalue weighted by Gasteiger charge is 2.14. The molecule has 0 saturated heterocycles. The average molecular weight is 205 g/mol. The van der Waals surface area contributed by atoms with Crippen LogP contribution in [0.2, 0.25) is 0 Å². The van der Waals surface area contributed by atoms with Crippen LogP contribution in [0.25, 0.3) is 0 Å². The molecule has 1 aromatic carbocycles. The molecule has 0 N–H and O–H groups in total. The maximum absolute atomic E-state index is 5.56. The molecule has 0 aromatic heterocycles. The van der Waals surface area contributed by atoms with Gasteiger partial charge < -0.3 is 9.64 Å². The van der Waals surface area contributed by atoms with E-state index in [0.717, 1.165) is 25.3 Å². The molecule has 0 spiro atoms. The van der Waals surface area contributed by atoms with E-state index >= 15 is 0 Å². The second kappa shape index (κ2) is 4.67. The Hall–Kier alpha value is -1.02. The van der Waals surface area contributed by atoms with Crippen LogP contribution < -0.4 is 4.74 Å². The molecule has 0 aliphatic carbocycles. The topological polar surface area (TPSA) is 12.5 Å². The van der Waals surface area contributed by atoms with Gasteiger partial charge in [0, 0.05) is 12.0 Å². The first kappa shape index (κ1) is 10.5. The van der Waals surface area contributed by atoms with Crippen molar-refractivity contribution in [3.63, 3.8) is 0 Å². The van der Waals surface area contributed by atoms with Gasteiger partial charge in [-0.05, 0) is 45.1 Å². The first-order valence-electron chi connectivity index (χ1n) is 5.65. The van der Waals surface area contributed by atoms with Crippen LogP contribution in [0.3, 0.4) is 0 Å². The van der Waals surface area contributed by atoms with E-state index in [1.54, 1.807) is 0 Å². The van der Waals surface area contributed by atoms with Crippen LogP contribution in [0.1, 0.15) is 17.5 Å². The Bertz CT molecular complexity index is 333. The van der Waals surface area contributed by atoms with Crippen molar-refractivity contribution in [1.82, 2.24) is 4.90 Å². The zero-order valence-electron chi connectivity index (χ0n) is 9.62. The molecule has 2 heteroatoms. The number of ether oxygens (including phenoxy) is 1. The molecule has 1 aliphatic rings. The Morgan fingerprint density at radius 1 is 1.33 bits per heavy atom. The van der Waals surface area contributed by atoms with Gasteiger partial charge in [-0.1, -0.05) is 12.1 Å². The molecule has 0 bridgehead atoms. The molecular weight excluding hydrogens is 186 g/mol. The molecule has 0 saturated carbocycles. The van der Waals surface area contributed by atoms with Crippen LogP contribution in [-0.2, 0) is 12.8 Å². The number of hydrogen-bond donors (Lipinski definition) is 0. The first-order valence-corrected chi connectivity index (χ1v) is 5.65. The van der Waals surface area contributed by atoms with Gasteiger partial charge >= 0.3 is 0 Å². The smallest absolute Gasteiger partial charge is 0.122 e. The Balaban J connectivity index is 2.00. The van der Waals surface area contributed by atoms with Crippen molar-refractivity contribution in [2.45, 2.75) is 19.3 Å². The molecular formula is C13H19NO. The second-order valence-electron chi connectivity index (χ2n) is 4.40. The highest BCUT2D eigenvalue weighted by Crippen LogP contribution is 2.28. The third kappa shape index (κ3) is 2.51.